The third-order valence-corrected chi connectivity index (χ3v) is 3.61. The normalized spacial score (nSPS) is 10.4. The van der Waals surface area contributed by atoms with Gasteiger partial charge in [-0.25, -0.2) is 0 Å². The topological polar surface area (TPSA) is 80.9 Å². The van der Waals surface area contributed by atoms with Crippen LogP contribution in [0.5, 0.6) is 0 Å². The number of aromatic nitrogens is 3. The molecular formula is C12H7ClN4O2S. The lowest BCUT2D eigenvalue weighted by Gasteiger charge is -1.97. The van der Waals surface area contributed by atoms with E-state index in [0.717, 1.165) is 5.56 Å². The number of amides is 1. The van der Waals surface area contributed by atoms with E-state index in [-0.39, 0.29) is 5.76 Å². The second-order valence-electron chi connectivity index (χ2n) is 3.72. The number of carbonyl (C=O) groups is 1. The summed E-state index contributed by atoms with van der Waals surface area (Å²) in [6.07, 6.45) is 1.39. The second kappa shape index (κ2) is 5.40. The van der Waals surface area contributed by atoms with E-state index < -0.39 is 5.91 Å². The standard InChI is InChI=1S/C12H7ClN4O2S/c13-8-4-2-1-3-7(8)11-16-17-12(20-11)15-10(18)9-5-6-14-19-9/h1-6H,(H,15,17,18). The summed E-state index contributed by atoms with van der Waals surface area (Å²) in [4.78, 5) is 11.8. The Morgan fingerprint density at radius 1 is 1.25 bits per heavy atom. The fraction of sp³-hybridized carbons (Fsp3) is 0. The molecule has 0 unspecified atom stereocenters. The molecule has 100 valence electrons. The molecule has 0 atom stereocenters. The fourth-order valence-electron chi connectivity index (χ4n) is 1.51. The molecule has 1 N–H and O–H groups in total. The molecule has 2 heterocycles. The Labute approximate surface area is 122 Å². The molecule has 0 aliphatic carbocycles. The average Bonchev–Trinajstić information content (AvgIpc) is 3.10. The highest BCUT2D eigenvalue weighted by atomic mass is 35.5. The molecule has 8 heteroatoms. The molecule has 0 aliphatic rings. The van der Waals surface area contributed by atoms with Gasteiger partial charge in [-0.15, -0.1) is 10.2 Å². The van der Waals surface area contributed by atoms with Gasteiger partial charge in [0, 0.05) is 11.6 Å². The number of nitrogens with zero attached hydrogens (tertiary/aromatic N) is 3. The van der Waals surface area contributed by atoms with Crippen molar-refractivity contribution in [2.75, 3.05) is 5.32 Å². The summed E-state index contributed by atoms with van der Waals surface area (Å²) in [7, 11) is 0. The van der Waals surface area contributed by atoms with Crippen molar-refractivity contribution in [3.05, 3.63) is 47.3 Å². The smallest absolute Gasteiger partial charge is 0.296 e. The van der Waals surface area contributed by atoms with E-state index >= 15 is 0 Å². The first-order chi connectivity index (χ1) is 9.74. The zero-order valence-electron chi connectivity index (χ0n) is 9.91. The van der Waals surface area contributed by atoms with Crippen LogP contribution in [0.3, 0.4) is 0 Å². The first kappa shape index (κ1) is 12.8. The number of nitrogens with one attached hydrogen (secondary N) is 1. The summed E-state index contributed by atoms with van der Waals surface area (Å²) in [5.74, 6) is -0.316. The quantitative estimate of drug-likeness (QED) is 0.804. The minimum atomic E-state index is -0.427. The summed E-state index contributed by atoms with van der Waals surface area (Å²) in [6, 6.07) is 8.76. The molecule has 0 bridgehead atoms. The number of halogens is 1. The highest BCUT2D eigenvalue weighted by Crippen LogP contribution is 2.31. The number of benzene rings is 1. The highest BCUT2D eigenvalue weighted by molar-refractivity contribution is 7.18. The Balaban J connectivity index is 1.81. The first-order valence-electron chi connectivity index (χ1n) is 5.54. The summed E-state index contributed by atoms with van der Waals surface area (Å²) in [6.45, 7) is 0. The Morgan fingerprint density at radius 2 is 2.10 bits per heavy atom. The van der Waals surface area contributed by atoms with Crippen LogP contribution in [0.1, 0.15) is 10.6 Å². The van der Waals surface area contributed by atoms with E-state index in [1.165, 1.54) is 23.6 Å². The maximum absolute atomic E-state index is 11.8. The average molecular weight is 307 g/mol. The van der Waals surface area contributed by atoms with Gasteiger partial charge in [0.1, 0.15) is 0 Å². The fourth-order valence-corrected chi connectivity index (χ4v) is 2.57. The van der Waals surface area contributed by atoms with E-state index in [2.05, 4.69) is 20.7 Å². The lowest BCUT2D eigenvalue weighted by Crippen LogP contribution is -2.10. The molecule has 0 saturated carbocycles. The zero-order valence-corrected chi connectivity index (χ0v) is 11.5. The minimum absolute atomic E-state index is 0.111. The third kappa shape index (κ3) is 2.54. The van der Waals surface area contributed by atoms with Crippen molar-refractivity contribution in [1.82, 2.24) is 15.4 Å². The lowest BCUT2D eigenvalue weighted by atomic mass is 10.2. The van der Waals surface area contributed by atoms with Crippen LogP contribution in [0.15, 0.2) is 41.1 Å². The Morgan fingerprint density at radius 3 is 2.85 bits per heavy atom. The zero-order chi connectivity index (χ0) is 13.9. The molecule has 3 rings (SSSR count). The molecule has 1 aromatic carbocycles. The van der Waals surface area contributed by atoms with Gasteiger partial charge in [-0.05, 0) is 6.07 Å². The van der Waals surface area contributed by atoms with Crippen molar-refractivity contribution < 1.29 is 9.32 Å². The molecule has 0 radical (unpaired) electrons. The number of anilines is 1. The summed E-state index contributed by atoms with van der Waals surface area (Å²) < 4.78 is 4.75. The van der Waals surface area contributed by atoms with Gasteiger partial charge in [0.15, 0.2) is 5.01 Å². The molecule has 0 spiro atoms. The Kier molecular flexibility index (Phi) is 3.44. The van der Waals surface area contributed by atoms with Crippen molar-refractivity contribution in [2.24, 2.45) is 0 Å². The Hall–Kier alpha value is -2.25. The Bertz CT molecular complexity index is 742. The van der Waals surface area contributed by atoms with E-state index in [4.69, 9.17) is 16.1 Å². The van der Waals surface area contributed by atoms with Crippen LogP contribution in [0.4, 0.5) is 5.13 Å². The van der Waals surface area contributed by atoms with Gasteiger partial charge in [-0.1, -0.05) is 46.3 Å². The van der Waals surface area contributed by atoms with Crippen molar-refractivity contribution in [1.29, 1.82) is 0 Å². The van der Waals surface area contributed by atoms with Crippen LogP contribution >= 0.6 is 22.9 Å². The van der Waals surface area contributed by atoms with Crippen molar-refractivity contribution in [3.8, 4) is 10.6 Å². The largest absolute Gasteiger partial charge is 0.351 e. The van der Waals surface area contributed by atoms with Crippen LogP contribution < -0.4 is 5.32 Å². The predicted molar refractivity (Wildman–Crippen MR) is 74.8 cm³/mol. The van der Waals surface area contributed by atoms with Crippen molar-refractivity contribution in [3.63, 3.8) is 0 Å². The highest BCUT2D eigenvalue weighted by Gasteiger charge is 2.14. The van der Waals surface area contributed by atoms with Crippen molar-refractivity contribution in [2.45, 2.75) is 0 Å². The van der Waals surface area contributed by atoms with Crippen LogP contribution in [0.2, 0.25) is 5.02 Å². The molecule has 0 fully saturated rings. The van der Waals surface area contributed by atoms with Gasteiger partial charge < -0.3 is 4.52 Å². The number of hydrogen-bond donors (Lipinski definition) is 1. The van der Waals surface area contributed by atoms with Crippen LogP contribution in [-0.2, 0) is 0 Å². The molecule has 0 saturated heterocycles. The molecule has 0 aliphatic heterocycles. The maximum atomic E-state index is 11.8. The van der Waals surface area contributed by atoms with Gasteiger partial charge in [0.25, 0.3) is 5.91 Å². The van der Waals surface area contributed by atoms with Gasteiger partial charge in [-0.2, -0.15) is 0 Å². The molecule has 6 nitrogen and oxygen atoms in total. The van der Waals surface area contributed by atoms with E-state index in [9.17, 15) is 4.79 Å². The SMILES string of the molecule is O=C(Nc1nnc(-c2ccccc2Cl)s1)c1ccno1. The lowest BCUT2D eigenvalue weighted by molar-refractivity contribution is 0.0988. The van der Waals surface area contributed by atoms with E-state index in [1.807, 2.05) is 18.2 Å². The molecule has 20 heavy (non-hydrogen) atoms. The summed E-state index contributed by atoms with van der Waals surface area (Å²) in [5, 5.41) is 15.5. The number of hydrogen-bond acceptors (Lipinski definition) is 6. The second-order valence-corrected chi connectivity index (χ2v) is 5.11. The van der Waals surface area contributed by atoms with Gasteiger partial charge >= 0.3 is 0 Å². The van der Waals surface area contributed by atoms with Gasteiger partial charge in [-0.3, -0.25) is 10.1 Å². The van der Waals surface area contributed by atoms with Crippen molar-refractivity contribution >= 4 is 34.0 Å². The number of carbonyl (C=O) groups excluding carboxylic acids is 1. The number of rotatable bonds is 3. The maximum Gasteiger partial charge on any atom is 0.296 e. The van der Waals surface area contributed by atoms with Crippen LogP contribution in [0, 0.1) is 0 Å². The van der Waals surface area contributed by atoms with Crippen LogP contribution in [-0.4, -0.2) is 21.3 Å². The first-order valence-corrected chi connectivity index (χ1v) is 6.74. The summed E-state index contributed by atoms with van der Waals surface area (Å²) in [5.41, 5.74) is 0.770. The van der Waals surface area contributed by atoms with E-state index in [0.29, 0.717) is 15.2 Å². The van der Waals surface area contributed by atoms with E-state index in [1.54, 1.807) is 6.07 Å². The van der Waals surface area contributed by atoms with Crippen LogP contribution in [0.25, 0.3) is 10.6 Å². The monoisotopic (exact) mass is 306 g/mol. The molecular weight excluding hydrogens is 300 g/mol. The molecule has 2 aromatic heterocycles. The van der Waals surface area contributed by atoms with Gasteiger partial charge in [0.05, 0.1) is 11.2 Å². The molecule has 3 aromatic rings. The predicted octanol–water partition coefficient (Wildman–Crippen LogP) is 3.10. The minimum Gasteiger partial charge on any atom is -0.351 e. The van der Waals surface area contributed by atoms with Gasteiger partial charge in [0.2, 0.25) is 10.9 Å². The summed E-state index contributed by atoms with van der Waals surface area (Å²) >= 11 is 7.31. The third-order valence-electron chi connectivity index (χ3n) is 2.41. The molecule has 1 amide bonds.